The second-order valence-corrected chi connectivity index (χ2v) is 5.49. The average Bonchev–Trinajstić information content (AvgIpc) is 2.55. The minimum atomic E-state index is -0.719. The maximum atomic E-state index is 12.8. The van der Waals surface area contributed by atoms with Crippen molar-refractivity contribution >= 4 is 11.8 Å². The lowest BCUT2D eigenvalue weighted by atomic mass is 10.1. The number of hydrogen-bond acceptors (Lipinski definition) is 4. The molecule has 0 spiro atoms. The van der Waals surface area contributed by atoms with E-state index in [1.165, 1.54) is 17.6 Å². The molecule has 0 aliphatic carbocycles. The molecule has 24 heavy (non-hydrogen) atoms. The van der Waals surface area contributed by atoms with E-state index >= 15 is 0 Å². The Hall–Kier alpha value is -2.69. The predicted molar refractivity (Wildman–Crippen MR) is 92.1 cm³/mol. The lowest BCUT2D eigenvalue weighted by Crippen LogP contribution is -2.29. The Labute approximate surface area is 140 Å². The Morgan fingerprint density at radius 1 is 1.08 bits per heavy atom. The number of aryl methyl sites for hydroxylation is 1. The summed E-state index contributed by atoms with van der Waals surface area (Å²) in [5, 5.41) is 0. The van der Waals surface area contributed by atoms with Gasteiger partial charge in [-0.15, -0.1) is 0 Å². The van der Waals surface area contributed by atoms with E-state index in [1.807, 2.05) is 31.2 Å². The molecule has 0 N–H and O–H groups in total. The zero-order valence-corrected chi connectivity index (χ0v) is 14.4. The Balaban J connectivity index is 2.74. The van der Waals surface area contributed by atoms with E-state index in [4.69, 9.17) is 4.74 Å². The van der Waals surface area contributed by atoms with Crippen molar-refractivity contribution in [3.05, 3.63) is 63.1 Å². The first-order chi connectivity index (χ1) is 11.4. The van der Waals surface area contributed by atoms with Crippen LogP contribution >= 0.6 is 0 Å². The lowest BCUT2D eigenvalue weighted by Gasteiger charge is -2.15. The highest BCUT2D eigenvalue weighted by Crippen LogP contribution is 2.16. The van der Waals surface area contributed by atoms with Crippen LogP contribution in [0.2, 0.25) is 0 Å². The molecule has 0 fully saturated rings. The van der Waals surface area contributed by atoms with Crippen molar-refractivity contribution in [3.63, 3.8) is 0 Å². The zero-order valence-electron chi connectivity index (χ0n) is 14.4. The van der Waals surface area contributed by atoms with Crippen LogP contribution in [0.25, 0.3) is 5.69 Å². The van der Waals surface area contributed by atoms with Crippen LogP contribution in [0.15, 0.2) is 35.1 Å². The number of pyridine rings is 1. The fraction of sp³-hybridized carbons (Fsp3) is 0.316. The van der Waals surface area contributed by atoms with Gasteiger partial charge in [-0.1, -0.05) is 19.1 Å². The highest BCUT2D eigenvalue weighted by atomic mass is 16.5. The van der Waals surface area contributed by atoms with Crippen LogP contribution in [-0.2, 0) is 11.2 Å². The molecule has 126 valence electrons. The van der Waals surface area contributed by atoms with Crippen molar-refractivity contribution in [1.29, 1.82) is 0 Å². The molecule has 1 aromatic carbocycles. The number of rotatable bonds is 5. The van der Waals surface area contributed by atoms with Gasteiger partial charge in [0.25, 0.3) is 5.56 Å². The molecule has 0 aliphatic rings. The predicted octanol–water partition coefficient (Wildman–Crippen LogP) is 3.09. The second-order valence-electron chi connectivity index (χ2n) is 5.49. The van der Waals surface area contributed by atoms with E-state index in [9.17, 15) is 14.4 Å². The molecule has 0 saturated carbocycles. The number of hydrogen-bond donors (Lipinski definition) is 0. The maximum absolute atomic E-state index is 12.8. The van der Waals surface area contributed by atoms with E-state index in [1.54, 1.807) is 13.8 Å². The first-order valence-corrected chi connectivity index (χ1v) is 7.94. The summed E-state index contributed by atoms with van der Waals surface area (Å²) < 4.78 is 6.34. The van der Waals surface area contributed by atoms with Gasteiger partial charge < -0.3 is 4.74 Å². The molecule has 0 aliphatic heterocycles. The van der Waals surface area contributed by atoms with E-state index in [2.05, 4.69) is 0 Å². The molecule has 1 aromatic heterocycles. The highest BCUT2D eigenvalue weighted by Gasteiger charge is 2.20. The van der Waals surface area contributed by atoms with Crippen molar-refractivity contribution < 1.29 is 14.3 Å². The topological polar surface area (TPSA) is 65.4 Å². The van der Waals surface area contributed by atoms with Crippen LogP contribution in [0, 0.1) is 6.92 Å². The first-order valence-electron chi connectivity index (χ1n) is 7.94. The molecule has 0 bridgehead atoms. The number of ketones is 1. The molecule has 0 unspecified atom stereocenters. The summed E-state index contributed by atoms with van der Waals surface area (Å²) in [5.74, 6) is -0.930. The van der Waals surface area contributed by atoms with Gasteiger partial charge in [0.15, 0.2) is 5.78 Å². The smallest absolute Gasteiger partial charge is 0.343 e. The monoisotopic (exact) mass is 327 g/mol. The van der Waals surface area contributed by atoms with Crippen LogP contribution in [0.3, 0.4) is 0 Å². The van der Waals surface area contributed by atoms with Crippen LogP contribution < -0.4 is 5.56 Å². The van der Waals surface area contributed by atoms with Gasteiger partial charge in [0.2, 0.25) is 0 Å². The fourth-order valence-corrected chi connectivity index (χ4v) is 2.61. The molecule has 5 nitrogen and oxygen atoms in total. The van der Waals surface area contributed by atoms with Crippen LogP contribution in [0.1, 0.15) is 52.7 Å². The van der Waals surface area contributed by atoms with E-state index < -0.39 is 11.5 Å². The second kappa shape index (κ2) is 7.25. The van der Waals surface area contributed by atoms with Gasteiger partial charge in [0.1, 0.15) is 5.56 Å². The molecule has 2 rings (SSSR count). The van der Waals surface area contributed by atoms with E-state index in [0.29, 0.717) is 16.9 Å². The summed E-state index contributed by atoms with van der Waals surface area (Å²) in [4.78, 5) is 36.8. The Morgan fingerprint density at radius 2 is 1.71 bits per heavy atom. The Morgan fingerprint density at radius 3 is 2.21 bits per heavy atom. The number of esters is 1. The molecule has 0 radical (unpaired) electrons. The van der Waals surface area contributed by atoms with E-state index in [-0.39, 0.29) is 18.0 Å². The standard InChI is InChI=1S/C19H21NO4/c1-5-14-7-9-15(10-8-14)20-12(3)16(13(4)21)11-17(18(20)22)19(23)24-6-2/h7-11H,5-6H2,1-4H3. The van der Waals surface area contributed by atoms with Crippen molar-refractivity contribution in [2.24, 2.45) is 0 Å². The summed E-state index contributed by atoms with van der Waals surface area (Å²) >= 11 is 0. The van der Waals surface area contributed by atoms with Crippen molar-refractivity contribution in [2.45, 2.75) is 34.1 Å². The van der Waals surface area contributed by atoms with Crippen molar-refractivity contribution in [3.8, 4) is 5.69 Å². The number of ether oxygens (including phenoxy) is 1. The van der Waals surface area contributed by atoms with E-state index in [0.717, 1.165) is 12.0 Å². The quantitative estimate of drug-likeness (QED) is 0.625. The molecule has 1 heterocycles. The Bertz CT molecular complexity index is 832. The molecule has 0 amide bonds. The van der Waals surface area contributed by atoms with Crippen molar-refractivity contribution in [1.82, 2.24) is 4.57 Å². The largest absolute Gasteiger partial charge is 0.462 e. The van der Waals surface area contributed by atoms with Gasteiger partial charge in [-0.25, -0.2) is 4.79 Å². The number of carbonyl (C=O) groups is 2. The summed E-state index contributed by atoms with van der Waals surface area (Å²) in [6, 6.07) is 8.80. The number of benzene rings is 1. The van der Waals surface area contributed by atoms with Crippen LogP contribution in [0.5, 0.6) is 0 Å². The van der Waals surface area contributed by atoms with Crippen LogP contribution in [0.4, 0.5) is 0 Å². The van der Waals surface area contributed by atoms with Gasteiger partial charge in [-0.2, -0.15) is 0 Å². The van der Waals surface area contributed by atoms with Gasteiger partial charge in [0.05, 0.1) is 6.61 Å². The average molecular weight is 327 g/mol. The SMILES string of the molecule is CCOC(=O)c1cc(C(C)=O)c(C)n(-c2ccc(CC)cc2)c1=O. The normalized spacial score (nSPS) is 10.5. The molecule has 5 heteroatoms. The summed E-state index contributed by atoms with van der Waals surface area (Å²) in [6.07, 6.45) is 0.885. The fourth-order valence-electron chi connectivity index (χ4n) is 2.61. The molecule has 0 atom stereocenters. The Kier molecular flexibility index (Phi) is 5.34. The number of aromatic nitrogens is 1. The van der Waals surface area contributed by atoms with Crippen LogP contribution in [-0.4, -0.2) is 22.9 Å². The summed E-state index contributed by atoms with van der Waals surface area (Å²) in [7, 11) is 0. The van der Waals surface area contributed by atoms with Gasteiger partial charge in [-0.05, 0) is 51.0 Å². The molecular weight excluding hydrogens is 306 g/mol. The third kappa shape index (κ3) is 3.30. The minimum Gasteiger partial charge on any atom is -0.462 e. The first kappa shape index (κ1) is 17.7. The summed E-state index contributed by atoms with van der Waals surface area (Å²) in [5.41, 5.74) is 1.97. The summed E-state index contributed by atoms with van der Waals surface area (Å²) in [6.45, 7) is 6.97. The molecule has 2 aromatic rings. The number of Topliss-reactive ketones (excluding diaryl/α,β-unsaturated/α-hetero) is 1. The minimum absolute atomic E-state index is 0.132. The third-order valence-corrected chi connectivity index (χ3v) is 3.92. The number of nitrogens with zero attached hydrogens (tertiary/aromatic N) is 1. The lowest BCUT2D eigenvalue weighted by molar-refractivity contribution is 0.0524. The highest BCUT2D eigenvalue weighted by molar-refractivity contribution is 5.98. The molecular formula is C19H21NO4. The maximum Gasteiger partial charge on any atom is 0.343 e. The third-order valence-electron chi connectivity index (χ3n) is 3.92. The van der Waals surface area contributed by atoms with Gasteiger partial charge >= 0.3 is 5.97 Å². The molecule has 0 saturated heterocycles. The zero-order chi connectivity index (χ0) is 17.9. The van der Waals surface area contributed by atoms with Gasteiger partial charge in [0, 0.05) is 16.9 Å². The van der Waals surface area contributed by atoms with Crippen molar-refractivity contribution in [2.75, 3.05) is 6.61 Å². The number of carbonyl (C=O) groups excluding carboxylic acids is 2. The van der Waals surface area contributed by atoms with Gasteiger partial charge in [-0.3, -0.25) is 14.2 Å².